The first-order valence-electron chi connectivity index (χ1n) is 24.0. The molecule has 476 valence electrons. The van der Waals surface area contributed by atoms with Crippen molar-refractivity contribution < 1.29 is 105 Å². The number of aromatic amines is 1. The third kappa shape index (κ3) is 50.2. The Morgan fingerprint density at radius 3 is 1.30 bits per heavy atom. The van der Waals surface area contributed by atoms with Gasteiger partial charge in [0.2, 0.25) is 0 Å². The van der Waals surface area contributed by atoms with Crippen LogP contribution in [0.15, 0.2) is 43.8 Å². The van der Waals surface area contributed by atoms with Crippen molar-refractivity contribution in [2.24, 2.45) is 11.5 Å². The van der Waals surface area contributed by atoms with Crippen molar-refractivity contribution in [2.45, 2.75) is 74.1 Å². The predicted molar refractivity (Wildman–Crippen MR) is 295 cm³/mol. The zero-order valence-electron chi connectivity index (χ0n) is 47.7. The van der Waals surface area contributed by atoms with Crippen LogP contribution in [0.5, 0.6) is 0 Å². The van der Waals surface area contributed by atoms with Crippen LogP contribution in [0.4, 0.5) is 0 Å². The van der Waals surface area contributed by atoms with E-state index in [4.69, 9.17) is 46.8 Å². The number of halogens is 3. The van der Waals surface area contributed by atoms with Crippen molar-refractivity contribution in [3.8, 4) is 0 Å². The van der Waals surface area contributed by atoms with E-state index in [2.05, 4.69) is 70.3 Å². The van der Waals surface area contributed by atoms with E-state index in [1.807, 2.05) is 0 Å². The molecule has 0 bridgehead atoms. The maximum atomic E-state index is 11.4. The smallest absolute Gasteiger partial charge is 0.396 e. The lowest BCUT2D eigenvalue weighted by Gasteiger charge is -2.13. The van der Waals surface area contributed by atoms with Gasteiger partial charge in [-0.15, -0.1) is 12.4 Å². The van der Waals surface area contributed by atoms with Crippen molar-refractivity contribution in [2.75, 3.05) is 107 Å². The molecule has 0 saturated carbocycles. The minimum absolute atomic E-state index is 0. The first-order valence-corrected chi connectivity index (χ1v) is 25.1. The molecule has 0 aliphatic rings. The van der Waals surface area contributed by atoms with Crippen LogP contribution >= 0.6 is 39.9 Å². The Kier molecular flexibility index (Phi) is 60.8. The third-order valence-electron chi connectivity index (χ3n) is 7.65. The Balaban J connectivity index is -0.000000213. The van der Waals surface area contributed by atoms with Crippen LogP contribution in [0.3, 0.4) is 0 Å². The number of amides is 3. The summed E-state index contributed by atoms with van der Waals surface area (Å²) in [6.07, 6.45) is 4.62. The second-order valence-electron chi connectivity index (χ2n) is 13.4. The molecule has 2 rings (SSSR count). The predicted octanol–water partition coefficient (Wildman–Crippen LogP) is -2.89. The highest BCUT2D eigenvalue weighted by atomic mass is 79.9. The molecule has 0 atom stereocenters. The summed E-state index contributed by atoms with van der Waals surface area (Å²) in [6, 6.07) is 0. The van der Waals surface area contributed by atoms with E-state index in [9.17, 15) is 67.1 Å². The molecule has 8 N–H and O–H groups in total. The SMILES string of the molecule is CCOC(=O)C(=O)Cl.CCOC(=O)CN.CCOC(=O)CNC(=O)C(=O)NCC(OC)OC.CCOC(=O)CNC(=O)C(=O)OCC.CCOC(=O)Cn1cc[nH]c(=O)c1=O.CCOC(=O)Cn1ccnc(Br)c1=O.COC(CN)OC.Cl. The van der Waals surface area contributed by atoms with Gasteiger partial charge in [0.1, 0.15) is 26.2 Å². The van der Waals surface area contributed by atoms with E-state index in [0.29, 0.717) is 19.8 Å². The fourth-order valence-corrected chi connectivity index (χ4v) is 4.52. The molecule has 2 heterocycles. The van der Waals surface area contributed by atoms with Crippen molar-refractivity contribution >= 4 is 105 Å². The number of rotatable bonds is 24. The highest BCUT2D eigenvalue weighted by Crippen LogP contribution is 1.96. The van der Waals surface area contributed by atoms with Crippen LogP contribution in [-0.2, 0) is 118 Å². The molecular formula is C46H76BrCl2N9O25. The van der Waals surface area contributed by atoms with Gasteiger partial charge in [0.05, 0.1) is 59.3 Å². The molecule has 0 unspecified atom stereocenters. The van der Waals surface area contributed by atoms with Gasteiger partial charge in [-0.1, -0.05) is 0 Å². The van der Waals surface area contributed by atoms with Crippen LogP contribution in [0.1, 0.15) is 48.5 Å². The molecule has 0 aromatic carbocycles. The minimum atomic E-state index is -1.08. The van der Waals surface area contributed by atoms with Gasteiger partial charge in [-0.2, -0.15) is 0 Å². The summed E-state index contributed by atoms with van der Waals surface area (Å²) in [5.74, 6) is -7.26. The Morgan fingerprint density at radius 1 is 0.554 bits per heavy atom. The number of methoxy groups -OCH3 is 4. The van der Waals surface area contributed by atoms with Crippen LogP contribution in [0.2, 0.25) is 0 Å². The number of carbonyl (C=O) groups excluding carboxylic acids is 11. The number of hydrogen-bond donors (Lipinski definition) is 6. The summed E-state index contributed by atoms with van der Waals surface area (Å²) in [6.45, 7) is 12.7. The quantitative estimate of drug-likeness (QED) is 0.0202. The fourth-order valence-electron chi connectivity index (χ4n) is 4.12. The number of ether oxygens (including phenoxy) is 11. The number of nitrogens with zero attached hydrogens (tertiary/aromatic N) is 3. The minimum Gasteiger partial charge on any atom is -0.465 e. The van der Waals surface area contributed by atoms with Gasteiger partial charge in [0.25, 0.3) is 5.56 Å². The zero-order valence-corrected chi connectivity index (χ0v) is 50.9. The summed E-state index contributed by atoms with van der Waals surface area (Å²) >= 11 is 7.67. The summed E-state index contributed by atoms with van der Waals surface area (Å²) < 4.78 is 52.9. The molecule has 37 heteroatoms. The maximum absolute atomic E-state index is 11.4. The molecular weight excluding hydrogens is 1230 g/mol. The zero-order chi connectivity index (χ0) is 64.0. The Hall–Kier alpha value is -7.25. The van der Waals surface area contributed by atoms with E-state index in [0.717, 1.165) is 4.57 Å². The second-order valence-corrected chi connectivity index (χ2v) is 14.5. The Morgan fingerprint density at radius 2 is 0.940 bits per heavy atom. The Labute approximate surface area is 496 Å². The third-order valence-corrected chi connectivity index (χ3v) is 8.35. The maximum Gasteiger partial charge on any atom is 0.396 e. The van der Waals surface area contributed by atoms with Crippen LogP contribution in [0, 0.1) is 0 Å². The van der Waals surface area contributed by atoms with Gasteiger partial charge in [-0.05, 0) is 76.0 Å². The van der Waals surface area contributed by atoms with E-state index >= 15 is 0 Å². The van der Waals surface area contributed by atoms with E-state index < -0.39 is 76.2 Å². The normalized spacial score (nSPS) is 9.36. The number of aromatic nitrogens is 4. The number of nitrogens with two attached hydrogens (primary N) is 2. The number of hydrogen-bond acceptors (Lipinski definition) is 28. The van der Waals surface area contributed by atoms with Crippen LogP contribution < -0.4 is 44.1 Å². The highest BCUT2D eigenvalue weighted by molar-refractivity contribution is 9.10. The van der Waals surface area contributed by atoms with Gasteiger partial charge < -0.3 is 89.1 Å². The lowest BCUT2D eigenvalue weighted by atomic mass is 10.5. The summed E-state index contributed by atoms with van der Waals surface area (Å²) in [4.78, 5) is 157. The molecule has 3 amide bonds. The number of carbonyl (C=O) groups is 11. The van der Waals surface area contributed by atoms with Gasteiger partial charge >= 0.3 is 75.9 Å². The van der Waals surface area contributed by atoms with Crippen LogP contribution in [0.25, 0.3) is 0 Å². The van der Waals surface area contributed by atoms with Crippen LogP contribution in [-0.4, -0.2) is 204 Å². The van der Waals surface area contributed by atoms with Gasteiger partial charge in [-0.25, -0.2) is 14.6 Å². The van der Waals surface area contributed by atoms with Gasteiger partial charge in [-0.3, -0.25) is 62.1 Å². The van der Waals surface area contributed by atoms with Crippen molar-refractivity contribution in [3.05, 3.63) is 60.5 Å². The molecule has 83 heavy (non-hydrogen) atoms. The topological polar surface area (TPSA) is 467 Å². The molecule has 2 aromatic heterocycles. The summed E-state index contributed by atoms with van der Waals surface area (Å²) in [7, 11) is 5.92. The largest absolute Gasteiger partial charge is 0.465 e. The Bertz CT molecular complexity index is 2380. The molecule has 0 radical (unpaired) electrons. The first-order chi connectivity index (χ1) is 38.8. The first kappa shape index (κ1) is 87.0. The molecule has 34 nitrogen and oxygen atoms in total. The van der Waals surface area contributed by atoms with E-state index in [1.54, 1.807) is 62.7 Å². The molecule has 0 fully saturated rings. The van der Waals surface area contributed by atoms with Crippen molar-refractivity contribution in [1.29, 1.82) is 0 Å². The molecule has 0 aliphatic carbocycles. The lowest BCUT2D eigenvalue weighted by molar-refractivity contribution is -0.155. The van der Waals surface area contributed by atoms with E-state index in [1.165, 1.54) is 43.6 Å². The number of H-pyrrole nitrogens is 1. The molecule has 0 saturated heterocycles. The fraction of sp³-hybridized carbons (Fsp3) is 0.587. The molecule has 2 aromatic rings. The second kappa shape index (κ2) is 58.0. The number of esters is 7. The van der Waals surface area contributed by atoms with Gasteiger partial charge in [0, 0.05) is 59.8 Å². The average molecular weight is 1310 g/mol. The highest BCUT2D eigenvalue weighted by Gasteiger charge is 2.17. The summed E-state index contributed by atoms with van der Waals surface area (Å²) in [5, 5.41) is 5.39. The number of nitrogens with one attached hydrogen (secondary N) is 4. The van der Waals surface area contributed by atoms with E-state index in [-0.39, 0.29) is 107 Å². The van der Waals surface area contributed by atoms with Gasteiger partial charge in [0.15, 0.2) is 17.2 Å². The average Bonchev–Trinajstić information content (AvgIpc) is 3.45. The summed E-state index contributed by atoms with van der Waals surface area (Å²) in [5.41, 5.74) is 8.16. The van der Waals surface area contributed by atoms with Crippen molar-refractivity contribution in [1.82, 2.24) is 35.1 Å². The monoisotopic (exact) mass is 1300 g/mol. The molecule has 0 aliphatic heterocycles. The van der Waals surface area contributed by atoms with Crippen molar-refractivity contribution in [3.63, 3.8) is 0 Å². The lowest BCUT2D eigenvalue weighted by Crippen LogP contribution is -2.44. The molecule has 0 spiro atoms. The standard InChI is InChI=1S/C10H18N2O6.C8H9BrN2O3.C8H10N2O4.C8H13NO5.C4H5ClO3.C4H11NO2.C4H9NO2.ClH/c1-4-18-7(13)5-11-9(14)10(15)12-6-8(16-2)17-3;1-2-14-6(12)5-11-4-3-10-7(9)8(11)13;1-2-14-6(11)5-10-4-3-9-7(12)8(10)13;1-3-13-6(10)5-9-7(11)8(12)14-4-2;1-2-8-4(7)3(5)6;1-6-4(3-5)7-2;1-2-7-4(6)3-5;/h8H,4-6H2,1-3H3,(H,11,14)(H,12,15);3-4H,2,5H2,1H3;3-4H,2,5H2,1H3,(H,9,12);3-5H2,1-2H3,(H,9,11);2H2,1H3;4H,3,5H2,1-2H3;2-3,5H2,1H3;1H.